The van der Waals surface area contributed by atoms with Gasteiger partial charge < -0.3 is 5.73 Å². The quantitative estimate of drug-likeness (QED) is 0.640. The Balaban J connectivity index is 2.38. The van der Waals surface area contributed by atoms with Gasteiger partial charge in [-0.1, -0.05) is 13.8 Å². The largest absolute Gasteiger partial charge is 0.327 e. The lowest BCUT2D eigenvalue weighted by atomic mass is 9.89. The standard InChI is InChI=1S/C9H19N/c1-7(2)6-9(4-5-9)8(3)10/h7-8H,4-6,10H2,1-3H3/t8-/m1/s1. The molecule has 1 atom stereocenters. The molecule has 0 aromatic carbocycles. The Morgan fingerprint density at radius 2 is 1.80 bits per heavy atom. The molecule has 0 bridgehead atoms. The minimum Gasteiger partial charge on any atom is -0.327 e. The second-order valence-electron chi connectivity index (χ2n) is 4.25. The Morgan fingerprint density at radius 3 is 1.90 bits per heavy atom. The van der Waals surface area contributed by atoms with Crippen molar-refractivity contribution in [2.24, 2.45) is 17.1 Å². The Kier molecular flexibility index (Phi) is 2.04. The summed E-state index contributed by atoms with van der Waals surface area (Å²) in [7, 11) is 0. The van der Waals surface area contributed by atoms with Gasteiger partial charge in [-0.25, -0.2) is 0 Å². The molecule has 0 spiro atoms. The molecule has 10 heavy (non-hydrogen) atoms. The van der Waals surface area contributed by atoms with Crippen molar-refractivity contribution in [2.75, 3.05) is 0 Å². The summed E-state index contributed by atoms with van der Waals surface area (Å²) in [5.41, 5.74) is 6.43. The average Bonchev–Trinajstić information content (AvgIpc) is 2.46. The molecule has 0 aliphatic heterocycles. The number of rotatable bonds is 3. The van der Waals surface area contributed by atoms with Gasteiger partial charge >= 0.3 is 0 Å². The Morgan fingerprint density at radius 1 is 1.30 bits per heavy atom. The predicted molar refractivity (Wildman–Crippen MR) is 44.8 cm³/mol. The van der Waals surface area contributed by atoms with E-state index in [1.165, 1.54) is 19.3 Å². The van der Waals surface area contributed by atoms with Gasteiger partial charge in [-0.15, -0.1) is 0 Å². The average molecular weight is 141 g/mol. The molecule has 1 fully saturated rings. The third-order valence-corrected chi connectivity index (χ3v) is 2.67. The van der Waals surface area contributed by atoms with Crippen LogP contribution in [0.15, 0.2) is 0 Å². The molecular formula is C9H19N. The highest BCUT2D eigenvalue weighted by molar-refractivity contribution is 4.99. The molecule has 0 radical (unpaired) electrons. The fourth-order valence-electron chi connectivity index (χ4n) is 1.82. The zero-order chi connectivity index (χ0) is 7.78. The van der Waals surface area contributed by atoms with Gasteiger partial charge in [0.2, 0.25) is 0 Å². The highest BCUT2D eigenvalue weighted by Gasteiger charge is 2.45. The summed E-state index contributed by atoms with van der Waals surface area (Å²) in [5.74, 6) is 0.813. The van der Waals surface area contributed by atoms with Crippen LogP contribution in [-0.2, 0) is 0 Å². The molecule has 1 aliphatic rings. The van der Waals surface area contributed by atoms with Crippen molar-refractivity contribution in [3.05, 3.63) is 0 Å². The lowest BCUT2D eigenvalue weighted by Gasteiger charge is -2.21. The minimum atomic E-state index is 0.412. The summed E-state index contributed by atoms with van der Waals surface area (Å²) < 4.78 is 0. The van der Waals surface area contributed by atoms with Crippen molar-refractivity contribution in [3.63, 3.8) is 0 Å². The zero-order valence-electron chi connectivity index (χ0n) is 7.35. The van der Waals surface area contributed by atoms with E-state index in [0.29, 0.717) is 11.5 Å². The van der Waals surface area contributed by atoms with Gasteiger partial charge in [-0.2, -0.15) is 0 Å². The number of hydrogen-bond donors (Lipinski definition) is 1. The second kappa shape index (κ2) is 2.54. The van der Waals surface area contributed by atoms with Gasteiger partial charge in [0.15, 0.2) is 0 Å². The fraction of sp³-hybridized carbons (Fsp3) is 1.00. The van der Waals surface area contributed by atoms with E-state index < -0.39 is 0 Å². The normalized spacial score (nSPS) is 24.9. The smallest absolute Gasteiger partial charge is 0.00671 e. The third-order valence-electron chi connectivity index (χ3n) is 2.67. The summed E-state index contributed by atoms with van der Waals surface area (Å²) in [4.78, 5) is 0. The summed E-state index contributed by atoms with van der Waals surface area (Å²) >= 11 is 0. The van der Waals surface area contributed by atoms with Crippen molar-refractivity contribution in [3.8, 4) is 0 Å². The first-order valence-electron chi connectivity index (χ1n) is 4.32. The molecule has 1 saturated carbocycles. The van der Waals surface area contributed by atoms with Gasteiger partial charge in [0.25, 0.3) is 0 Å². The molecule has 0 unspecified atom stereocenters. The van der Waals surface area contributed by atoms with Gasteiger partial charge in [-0.3, -0.25) is 0 Å². The molecule has 60 valence electrons. The Hall–Kier alpha value is -0.0400. The van der Waals surface area contributed by atoms with Gasteiger partial charge in [0, 0.05) is 6.04 Å². The summed E-state index contributed by atoms with van der Waals surface area (Å²) in [6.45, 7) is 6.71. The lowest BCUT2D eigenvalue weighted by molar-refractivity contribution is 0.337. The maximum Gasteiger partial charge on any atom is 0.00671 e. The van der Waals surface area contributed by atoms with Crippen LogP contribution in [0.2, 0.25) is 0 Å². The molecule has 1 heteroatoms. The number of nitrogens with two attached hydrogens (primary N) is 1. The summed E-state index contributed by atoms with van der Waals surface area (Å²) in [6.07, 6.45) is 4.05. The number of hydrogen-bond acceptors (Lipinski definition) is 1. The molecule has 0 heterocycles. The van der Waals surface area contributed by atoms with Crippen molar-refractivity contribution in [1.82, 2.24) is 0 Å². The van der Waals surface area contributed by atoms with E-state index in [-0.39, 0.29) is 0 Å². The van der Waals surface area contributed by atoms with Crippen molar-refractivity contribution in [2.45, 2.75) is 46.1 Å². The first-order valence-corrected chi connectivity index (χ1v) is 4.32. The molecule has 0 aromatic rings. The second-order valence-corrected chi connectivity index (χ2v) is 4.25. The molecule has 0 amide bonds. The van der Waals surface area contributed by atoms with Crippen LogP contribution in [-0.4, -0.2) is 6.04 Å². The molecule has 2 N–H and O–H groups in total. The van der Waals surface area contributed by atoms with Crippen LogP contribution in [0.3, 0.4) is 0 Å². The maximum absolute atomic E-state index is 5.88. The molecule has 1 aliphatic carbocycles. The molecule has 1 rings (SSSR count). The predicted octanol–water partition coefficient (Wildman–Crippen LogP) is 2.16. The van der Waals surface area contributed by atoms with Crippen molar-refractivity contribution in [1.29, 1.82) is 0 Å². The SMILES string of the molecule is CC(C)CC1([C@@H](C)N)CC1. The van der Waals surface area contributed by atoms with E-state index >= 15 is 0 Å². The van der Waals surface area contributed by atoms with Crippen LogP contribution >= 0.6 is 0 Å². The highest BCUT2D eigenvalue weighted by atomic mass is 14.7. The van der Waals surface area contributed by atoms with E-state index in [4.69, 9.17) is 5.73 Å². The van der Waals surface area contributed by atoms with E-state index in [9.17, 15) is 0 Å². The van der Waals surface area contributed by atoms with E-state index in [0.717, 1.165) is 5.92 Å². The lowest BCUT2D eigenvalue weighted by Crippen LogP contribution is -2.29. The monoisotopic (exact) mass is 141 g/mol. The van der Waals surface area contributed by atoms with Gasteiger partial charge in [0.1, 0.15) is 0 Å². The van der Waals surface area contributed by atoms with Crippen LogP contribution < -0.4 is 5.73 Å². The molecule has 1 nitrogen and oxygen atoms in total. The van der Waals surface area contributed by atoms with Crippen LogP contribution in [0.25, 0.3) is 0 Å². The fourth-order valence-corrected chi connectivity index (χ4v) is 1.82. The summed E-state index contributed by atoms with van der Waals surface area (Å²) in [6, 6.07) is 0.412. The first kappa shape index (κ1) is 8.06. The van der Waals surface area contributed by atoms with Gasteiger partial charge in [-0.05, 0) is 37.5 Å². The van der Waals surface area contributed by atoms with Crippen LogP contribution in [0.4, 0.5) is 0 Å². The van der Waals surface area contributed by atoms with Gasteiger partial charge in [0.05, 0.1) is 0 Å². The van der Waals surface area contributed by atoms with Crippen molar-refractivity contribution < 1.29 is 0 Å². The molecule has 0 aromatic heterocycles. The summed E-state index contributed by atoms with van der Waals surface area (Å²) in [5, 5.41) is 0. The Bertz CT molecular complexity index is 112. The van der Waals surface area contributed by atoms with E-state index in [1.54, 1.807) is 0 Å². The van der Waals surface area contributed by atoms with Crippen molar-refractivity contribution >= 4 is 0 Å². The molecule has 0 saturated heterocycles. The highest BCUT2D eigenvalue weighted by Crippen LogP contribution is 2.52. The van der Waals surface area contributed by atoms with Crippen LogP contribution in [0.5, 0.6) is 0 Å². The first-order chi connectivity index (χ1) is 4.57. The maximum atomic E-state index is 5.88. The van der Waals surface area contributed by atoms with Crippen LogP contribution in [0.1, 0.15) is 40.0 Å². The minimum absolute atomic E-state index is 0.412. The third kappa shape index (κ3) is 1.51. The van der Waals surface area contributed by atoms with Crippen LogP contribution in [0, 0.1) is 11.3 Å². The van der Waals surface area contributed by atoms with E-state index in [2.05, 4.69) is 20.8 Å². The molecular weight excluding hydrogens is 122 g/mol. The van der Waals surface area contributed by atoms with E-state index in [1.807, 2.05) is 0 Å². The topological polar surface area (TPSA) is 26.0 Å². The Labute approximate surface area is 64.0 Å². The zero-order valence-corrected chi connectivity index (χ0v) is 7.35.